The third kappa shape index (κ3) is 5.28. The Bertz CT molecular complexity index is 1910. The van der Waals surface area contributed by atoms with Gasteiger partial charge in [0.1, 0.15) is 28.7 Å². The summed E-state index contributed by atoms with van der Waals surface area (Å²) < 4.78 is 34.0. The van der Waals surface area contributed by atoms with Gasteiger partial charge in [-0.25, -0.2) is 0 Å². The van der Waals surface area contributed by atoms with Gasteiger partial charge in [0.25, 0.3) is 0 Å². The number of ether oxygens (including phenoxy) is 5. The molecule has 0 saturated heterocycles. The number of carbonyl (C=O) groups is 1. The van der Waals surface area contributed by atoms with E-state index in [1.54, 1.807) is 37.4 Å². The van der Waals surface area contributed by atoms with Crippen molar-refractivity contribution in [2.24, 2.45) is 0 Å². The van der Waals surface area contributed by atoms with Crippen LogP contribution < -0.4 is 29.1 Å². The number of hydrogen-bond acceptors (Lipinski definition) is 9. The fourth-order valence-corrected chi connectivity index (χ4v) is 5.56. The molecule has 9 heteroatoms. The Kier molecular flexibility index (Phi) is 7.85. The van der Waals surface area contributed by atoms with Crippen LogP contribution in [0.2, 0.25) is 0 Å². The Balaban J connectivity index is 1.39. The molecular weight excluding hydrogens is 564 g/mol. The molecule has 9 nitrogen and oxygen atoms in total. The number of fused-ring (bicyclic) bond motifs is 3. The van der Waals surface area contributed by atoms with E-state index in [0.29, 0.717) is 40.7 Å². The van der Waals surface area contributed by atoms with Gasteiger partial charge in [-0.15, -0.1) is 0 Å². The first-order valence-electron chi connectivity index (χ1n) is 14.0. The van der Waals surface area contributed by atoms with Crippen molar-refractivity contribution in [2.45, 2.75) is 18.8 Å². The predicted octanol–water partition coefficient (Wildman–Crippen LogP) is 6.25. The van der Waals surface area contributed by atoms with E-state index in [1.807, 2.05) is 36.4 Å². The van der Waals surface area contributed by atoms with Crippen molar-refractivity contribution >= 4 is 16.9 Å². The highest BCUT2D eigenvalue weighted by Gasteiger charge is 2.34. The van der Waals surface area contributed by atoms with E-state index in [-0.39, 0.29) is 34.5 Å². The van der Waals surface area contributed by atoms with E-state index in [4.69, 9.17) is 28.1 Å². The molecule has 0 spiro atoms. The number of carbonyl (C=O) groups excluding carboxylic acids is 1. The molecule has 1 aliphatic rings. The summed E-state index contributed by atoms with van der Waals surface area (Å²) in [5, 5.41) is 10.9. The zero-order chi connectivity index (χ0) is 30.8. The van der Waals surface area contributed by atoms with Crippen molar-refractivity contribution in [3.8, 4) is 45.6 Å². The second-order valence-corrected chi connectivity index (χ2v) is 10.3. The Labute approximate surface area is 253 Å². The van der Waals surface area contributed by atoms with Crippen molar-refractivity contribution in [1.29, 1.82) is 0 Å². The smallest absolute Gasteiger partial charge is 0.312 e. The molecule has 0 amide bonds. The van der Waals surface area contributed by atoms with E-state index in [0.717, 1.165) is 17.5 Å². The molecule has 0 fully saturated rings. The predicted molar refractivity (Wildman–Crippen MR) is 163 cm³/mol. The number of methoxy groups -OCH3 is 3. The fourth-order valence-electron chi connectivity index (χ4n) is 5.56. The molecule has 0 bridgehead atoms. The monoisotopic (exact) mass is 594 g/mol. The molecule has 1 aliphatic heterocycles. The summed E-state index contributed by atoms with van der Waals surface area (Å²) in [7, 11) is 4.57. The minimum atomic E-state index is -0.545. The maximum absolute atomic E-state index is 13.8. The third-order valence-corrected chi connectivity index (χ3v) is 7.75. The highest BCUT2D eigenvalue weighted by Crippen LogP contribution is 2.47. The molecule has 224 valence electrons. The second kappa shape index (κ2) is 12.0. The lowest BCUT2D eigenvalue weighted by Crippen LogP contribution is -2.22. The zero-order valence-corrected chi connectivity index (χ0v) is 24.4. The van der Waals surface area contributed by atoms with Crippen LogP contribution in [0.15, 0.2) is 88.3 Å². The molecule has 5 aromatic rings. The third-order valence-electron chi connectivity index (χ3n) is 7.75. The van der Waals surface area contributed by atoms with Crippen molar-refractivity contribution in [3.05, 3.63) is 106 Å². The first kappa shape index (κ1) is 28.7. The Morgan fingerprint density at radius 2 is 1.57 bits per heavy atom. The van der Waals surface area contributed by atoms with Crippen LogP contribution in [0.4, 0.5) is 0 Å². The largest absolute Gasteiger partial charge is 0.507 e. The van der Waals surface area contributed by atoms with Gasteiger partial charge in [0.2, 0.25) is 5.43 Å². The van der Waals surface area contributed by atoms with Crippen molar-refractivity contribution in [2.75, 3.05) is 27.9 Å². The molecule has 44 heavy (non-hydrogen) atoms. The molecule has 1 N–H and O–H groups in total. The molecule has 1 atom stereocenters. The minimum absolute atomic E-state index is 0.00855. The Morgan fingerprint density at radius 3 is 2.32 bits per heavy atom. The summed E-state index contributed by atoms with van der Waals surface area (Å²) in [6.07, 6.45) is 2.06. The molecule has 1 unspecified atom stereocenters. The van der Waals surface area contributed by atoms with Crippen molar-refractivity contribution in [3.63, 3.8) is 0 Å². The van der Waals surface area contributed by atoms with Gasteiger partial charge < -0.3 is 33.2 Å². The number of esters is 1. The Morgan fingerprint density at radius 1 is 0.841 bits per heavy atom. The molecule has 1 aromatic heterocycles. The molecule has 0 saturated carbocycles. The highest BCUT2D eigenvalue weighted by molar-refractivity contribution is 5.94. The Hall–Kier alpha value is -5.44. The lowest BCUT2D eigenvalue weighted by Gasteiger charge is -2.26. The van der Waals surface area contributed by atoms with Gasteiger partial charge in [0, 0.05) is 24.0 Å². The van der Waals surface area contributed by atoms with Crippen LogP contribution in [-0.2, 0) is 11.2 Å². The van der Waals surface area contributed by atoms with Gasteiger partial charge in [-0.05, 0) is 41.0 Å². The highest BCUT2D eigenvalue weighted by atomic mass is 16.5. The van der Waals surface area contributed by atoms with Crippen LogP contribution in [0.1, 0.15) is 29.0 Å². The van der Waals surface area contributed by atoms with Gasteiger partial charge in [-0.2, -0.15) is 0 Å². The summed E-state index contributed by atoms with van der Waals surface area (Å²) in [5.41, 5.74) is 2.79. The molecule has 0 radical (unpaired) electrons. The summed E-state index contributed by atoms with van der Waals surface area (Å²) >= 11 is 0. The zero-order valence-electron chi connectivity index (χ0n) is 24.4. The van der Waals surface area contributed by atoms with E-state index < -0.39 is 17.3 Å². The van der Waals surface area contributed by atoms with Crippen LogP contribution >= 0.6 is 0 Å². The van der Waals surface area contributed by atoms with Crippen molar-refractivity contribution in [1.82, 2.24) is 0 Å². The topological polar surface area (TPSA) is 114 Å². The molecule has 4 aromatic carbocycles. The second-order valence-electron chi connectivity index (χ2n) is 10.3. The van der Waals surface area contributed by atoms with Gasteiger partial charge in [-0.1, -0.05) is 42.5 Å². The van der Waals surface area contributed by atoms with E-state index in [2.05, 4.69) is 0 Å². The number of aromatic hydroxyl groups is 1. The number of hydrogen-bond donors (Lipinski definition) is 1. The number of phenols is 1. The maximum Gasteiger partial charge on any atom is 0.312 e. The van der Waals surface area contributed by atoms with Crippen LogP contribution in [0, 0.1) is 0 Å². The summed E-state index contributed by atoms with van der Waals surface area (Å²) in [6, 6.07) is 21.8. The summed E-state index contributed by atoms with van der Waals surface area (Å²) in [6.45, 7) is 0.454. The van der Waals surface area contributed by atoms with Gasteiger partial charge in [0.05, 0.1) is 39.9 Å². The average Bonchev–Trinajstić information content (AvgIpc) is 3.04. The lowest BCUT2D eigenvalue weighted by molar-refractivity contribution is -0.135. The van der Waals surface area contributed by atoms with Crippen LogP contribution in [0.3, 0.4) is 0 Å². The van der Waals surface area contributed by atoms with E-state index in [9.17, 15) is 14.7 Å². The quantitative estimate of drug-likeness (QED) is 0.156. The van der Waals surface area contributed by atoms with Gasteiger partial charge >= 0.3 is 5.97 Å². The van der Waals surface area contributed by atoms with Gasteiger partial charge in [-0.3, -0.25) is 9.59 Å². The summed E-state index contributed by atoms with van der Waals surface area (Å²) in [4.78, 5) is 26.5. The van der Waals surface area contributed by atoms with E-state index >= 15 is 0 Å². The fraction of sp³-hybridized carbons (Fsp3) is 0.200. The van der Waals surface area contributed by atoms with Crippen LogP contribution in [0.25, 0.3) is 22.1 Å². The molecule has 2 heterocycles. The number of phenolic OH excluding ortho intramolecular Hbond substituents is 1. The molecule has 6 rings (SSSR count). The first-order valence-corrected chi connectivity index (χ1v) is 14.0. The SMILES string of the molecule is COc1ccc(-c2coc3c4c(cc(O)c3c2=O)OC(=O)CC4c2ccc(OCCc3ccccc3)c(OC)c2)cc1OC. The standard InChI is InChI=1S/C35H30O9/c1-39-26-11-9-22(16-28(26)40-2)24-19-43-35-32-23(17-31(37)44-30(32)18-25(36)33(35)34(24)38)21-10-12-27(29(15-21)41-3)42-14-13-20-7-5-4-6-8-20/h4-12,15-16,18-19,23,36H,13-14,17H2,1-3H3. The van der Waals surface area contributed by atoms with Gasteiger partial charge in [0.15, 0.2) is 23.0 Å². The number of benzene rings is 4. The van der Waals surface area contributed by atoms with Crippen molar-refractivity contribution < 1.29 is 38.0 Å². The average molecular weight is 595 g/mol. The van der Waals surface area contributed by atoms with Crippen LogP contribution in [-0.4, -0.2) is 39.0 Å². The molecular formula is C35H30O9. The van der Waals surface area contributed by atoms with Crippen LogP contribution in [0.5, 0.6) is 34.5 Å². The lowest BCUT2D eigenvalue weighted by atomic mass is 9.84. The molecule has 0 aliphatic carbocycles. The summed E-state index contributed by atoms with van der Waals surface area (Å²) in [5.74, 6) is 0.746. The maximum atomic E-state index is 13.8. The minimum Gasteiger partial charge on any atom is -0.507 e. The normalized spacial score (nSPS) is 14.1. The van der Waals surface area contributed by atoms with E-state index in [1.165, 1.54) is 26.5 Å². The number of rotatable bonds is 9. The first-order chi connectivity index (χ1) is 21.4.